The molecule has 0 aromatic heterocycles. The molecular formula is C13H17N2O2S+. The first kappa shape index (κ1) is 13.1. The third-order valence-corrected chi connectivity index (χ3v) is 4.14. The molecule has 0 bridgehead atoms. The van der Waals surface area contributed by atoms with Gasteiger partial charge in [0, 0.05) is 29.9 Å². The van der Waals surface area contributed by atoms with Gasteiger partial charge in [0.05, 0.1) is 9.66 Å². The highest BCUT2D eigenvalue weighted by molar-refractivity contribution is 8.00. The van der Waals surface area contributed by atoms with Crippen LogP contribution in [-0.2, 0) is 4.79 Å². The van der Waals surface area contributed by atoms with Gasteiger partial charge in [0.15, 0.2) is 0 Å². The maximum absolute atomic E-state index is 12.0. The van der Waals surface area contributed by atoms with E-state index in [4.69, 9.17) is 0 Å². The Labute approximate surface area is 111 Å². The fraction of sp³-hybridized carbons (Fsp3) is 0.462. The minimum absolute atomic E-state index is 0.0122. The summed E-state index contributed by atoms with van der Waals surface area (Å²) in [5.41, 5.74) is 0.739. The first-order valence-electron chi connectivity index (χ1n) is 6.09. The predicted molar refractivity (Wildman–Crippen MR) is 71.8 cm³/mol. The van der Waals surface area contributed by atoms with Crippen LogP contribution >= 0.6 is 11.8 Å². The van der Waals surface area contributed by atoms with Gasteiger partial charge in [0.1, 0.15) is 0 Å². The van der Waals surface area contributed by atoms with Crippen LogP contribution < -0.4 is 5.32 Å². The molecule has 0 radical (unpaired) electrons. The first-order valence-corrected chi connectivity index (χ1v) is 6.97. The van der Waals surface area contributed by atoms with Gasteiger partial charge in [-0.25, -0.2) is 0 Å². The second-order valence-corrected chi connectivity index (χ2v) is 5.82. The van der Waals surface area contributed by atoms with Crippen LogP contribution in [0.2, 0.25) is 0 Å². The second-order valence-electron chi connectivity index (χ2n) is 4.60. The molecule has 1 atom stereocenters. The van der Waals surface area contributed by atoms with E-state index in [0.717, 1.165) is 15.3 Å². The molecule has 1 aromatic rings. The maximum Gasteiger partial charge on any atom is 0.271 e. The Hall–Kier alpha value is -1.36. The third-order valence-electron chi connectivity index (χ3n) is 2.84. The quantitative estimate of drug-likeness (QED) is 0.851. The number of benzene rings is 1. The van der Waals surface area contributed by atoms with Crippen molar-refractivity contribution in [3.8, 4) is 0 Å². The number of hydrogen-bond acceptors (Lipinski definition) is 3. The van der Waals surface area contributed by atoms with Gasteiger partial charge in [-0.3, -0.25) is 4.79 Å². The predicted octanol–water partition coefficient (Wildman–Crippen LogP) is 2.69. The van der Waals surface area contributed by atoms with Crippen molar-refractivity contribution in [1.29, 1.82) is 0 Å². The molecule has 0 saturated carbocycles. The summed E-state index contributed by atoms with van der Waals surface area (Å²) in [5, 5.41) is 2.71. The van der Waals surface area contributed by atoms with Crippen LogP contribution in [0.3, 0.4) is 0 Å². The third kappa shape index (κ3) is 2.72. The van der Waals surface area contributed by atoms with E-state index in [1.54, 1.807) is 11.8 Å². The minimum atomic E-state index is -0.130. The summed E-state index contributed by atoms with van der Waals surface area (Å²) in [6.45, 7) is 4.26. The minimum Gasteiger partial charge on any atom is -0.356 e. The van der Waals surface area contributed by atoms with E-state index in [9.17, 15) is 9.70 Å². The van der Waals surface area contributed by atoms with Gasteiger partial charge in [-0.1, -0.05) is 26.0 Å². The van der Waals surface area contributed by atoms with Crippen LogP contribution in [0.15, 0.2) is 29.2 Å². The zero-order valence-corrected chi connectivity index (χ0v) is 11.4. The smallest absolute Gasteiger partial charge is 0.271 e. The molecule has 1 N–H and O–H groups in total. The lowest BCUT2D eigenvalue weighted by Crippen LogP contribution is -2.30. The topological polar surface area (TPSA) is 49.2 Å². The van der Waals surface area contributed by atoms with Crippen molar-refractivity contribution >= 4 is 23.4 Å². The molecule has 1 aromatic carbocycles. The van der Waals surface area contributed by atoms with E-state index in [1.807, 2.05) is 38.1 Å². The number of rotatable bonds is 4. The average molecular weight is 265 g/mol. The number of hydrogen-bond donors (Lipinski definition) is 1. The van der Waals surface area contributed by atoms with Gasteiger partial charge >= 0.3 is 0 Å². The van der Waals surface area contributed by atoms with Gasteiger partial charge < -0.3 is 5.32 Å². The molecule has 96 valence electrons. The SMILES string of the molecule is CC(C)C(=O)NCCC1Sc2ccccc2[N+]1=O. The maximum atomic E-state index is 12.0. The van der Waals surface area contributed by atoms with Crippen LogP contribution in [0.5, 0.6) is 0 Å². The van der Waals surface area contributed by atoms with E-state index in [1.165, 1.54) is 0 Å². The lowest BCUT2D eigenvalue weighted by molar-refractivity contribution is -0.476. The van der Waals surface area contributed by atoms with E-state index in [0.29, 0.717) is 13.0 Å². The van der Waals surface area contributed by atoms with Crippen molar-refractivity contribution < 1.29 is 9.55 Å². The van der Waals surface area contributed by atoms with Crippen LogP contribution in [0.25, 0.3) is 0 Å². The fourth-order valence-corrected chi connectivity index (χ4v) is 2.96. The van der Waals surface area contributed by atoms with Gasteiger partial charge in [0.25, 0.3) is 11.1 Å². The van der Waals surface area contributed by atoms with E-state index < -0.39 is 0 Å². The number of carbonyl (C=O) groups is 1. The summed E-state index contributed by atoms with van der Waals surface area (Å²) in [6.07, 6.45) is 0.654. The number of fused-ring (bicyclic) bond motifs is 1. The summed E-state index contributed by atoms with van der Waals surface area (Å²) in [6, 6.07) is 7.59. The highest BCUT2D eigenvalue weighted by Gasteiger charge is 2.38. The van der Waals surface area contributed by atoms with E-state index in [2.05, 4.69) is 5.32 Å². The van der Waals surface area contributed by atoms with Gasteiger partial charge in [-0.2, -0.15) is 0 Å². The molecule has 1 amide bonds. The summed E-state index contributed by atoms with van der Waals surface area (Å²) in [4.78, 5) is 24.4. The van der Waals surface area contributed by atoms with Gasteiger partial charge in [-0.15, -0.1) is 0 Å². The van der Waals surface area contributed by atoms with Crippen LogP contribution in [-0.4, -0.2) is 22.6 Å². The molecule has 18 heavy (non-hydrogen) atoms. The number of nitrogens with one attached hydrogen (secondary N) is 1. The van der Waals surface area contributed by atoms with E-state index >= 15 is 0 Å². The normalized spacial score (nSPS) is 17.9. The first-order chi connectivity index (χ1) is 8.59. The molecule has 4 nitrogen and oxygen atoms in total. The zero-order chi connectivity index (χ0) is 13.1. The molecule has 0 aliphatic carbocycles. The Morgan fingerprint density at radius 2 is 2.17 bits per heavy atom. The Balaban J connectivity index is 1.87. The molecule has 2 rings (SSSR count). The molecule has 0 saturated heterocycles. The molecule has 1 unspecified atom stereocenters. The Kier molecular flexibility index (Phi) is 4.01. The summed E-state index contributed by atoms with van der Waals surface area (Å²) in [7, 11) is 0. The molecule has 1 aliphatic heterocycles. The highest BCUT2D eigenvalue weighted by atomic mass is 32.2. The monoisotopic (exact) mass is 265 g/mol. The number of nitrogens with zero attached hydrogens (tertiary/aromatic N) is 1. The molecule has 0 fully saturated rings. The highest BCUT2D eigenvalue weighted by Crippen LogP contribution is 2.42. The fourth-order valence-electron chi connectivity index (χ4n) is 1.79. The Bertz CT molecular complexity index is 474. The number of para-hydroxylation sites is 1. The molecular weight excluding hydrogens is 248 g/mol. The number of carbonyl (C=O) groups excluding carboxylic acids is 1. The Morgan fingerprint density at radius 1 is 1.44 bits per heavy atom. The molecule has 0 spiro atoms. The van der Waals surface area contributed by atoms with Crippen LogP contribution in [0, 0.1) is 10.8 Å². The van der Waals surface area contributed by atoms with E-state index in [-0.39, 0.29) is 17.2 Å². The van der Waals surface area contributed by atoms with Crippen molar-refractivity contribution in [2.45, 2.75) is 30.5 Å². The number of thioether (sulfide) groups is 1. The van der Waals surface area contributed by atoms with Crippen molar-refractivity contribution in [1.82, 2.24) is 5.32 Å². The molecule has 5 heteroatoms. The summed E-state index contributed by atoms with van der Waals surface area (Å²) in [5.74, 6) is 0.0229. The van der Waals surface area contributed by atoms with Crippen LogP contribution in [0.4, 0.5) is 5.69 Å². The standard InChI is InChI=1S/C13H16N2O2S/c1-9(2)13(16)14-8-7-12-15(17)10-5-3-4-6-11(10)18-12/h3-6,9,12H,7-8H2,1-2H3/p+1. The largest absolute Gasteiger partial charge is 0.356 e. The molecule has 1 aliphatic rings. The summed E-state index contributed by atoms with van der Waals surface area (Å²) < 4.78 is 1.04. The lowest BCUT2D eigenvalue weighted by atomic mass is 10.2. The van der Waals surface area contributed by atoms with Gasteiger partial charge in [-0.05, 0) is 17.8 Å². The average Bonchev–Trinajstić information content (AvgIpc) is 2.67. The number of amides is 1. The summed E-state index contributed by atoms with van der Waals surface area (Å²) >= 11 is 1.57. The van der Waals surface area contributed by atoms with Crippen LogP contribution in [0.1, 0.15) is 20.3 Å². The van der Waals surface area contributed by atoms with Crippen molar-refractivity contribution in [2.24, 2.45) is 5.92 Å². The zero-order valence-electron chi connectivity index (χ0n) is 10.6. The lowest BCUT2D eigenvalue weighted by Gasteiger charge is -2.07. The Morgan fingerprint density at radius 3 is 2.83 bits per heavy atom. The van der Waals surface area contributed by atoms with Gasteiger partial charge in [0.2, 0.25) is 5.91 Å². The van der Waals surface area contributed by atoms with Crippen molar-refractivity contribution in [2.75, 3.05) is 6.54 Å². The second kappa shape index (κ2) is 5.52. The van der Waals surface area contributed by atoms with Crippen molar-refractivity contribution in [3.63, 3.8) is 0 Å². The number of nitroso groups, excluding NO2 is 1. The van der Waals surface area contributed by atoms with Crippen molar-refractivity contribution in [3.05, 3.63) is 29.2 Å². The molecule has 1 heterocycles.